The van der Waals surface area contributed by atoms with Crippen LogP contribution < -0.4 is 0 Å². The first kappa shape index (κ1) is 17.0. The fraction of sp³-hybridized carbons (Fsp3) is 0.263. The van der Waals surface area contributed by atoms with Gasteiger partial charge in [-0.2, -0.15) is 5.10 Å². The third-order valence-electron chi connectivity index (χ3n) is 4.86. The first-order valence-electron chi connectivity index (χ1n) is 8.56. The third-order valence-corrected chi connectivity index (χ3v) is 4.86. The van der Waals surface area contributed by atoms with Crippen LogP contribution in [0.15, 0.2) is 34.9 Å². The summed E-state index contributed by atoms with van der Waals surface area (Å²) in [5.74, 6) is -0.875. The SMILES string of the molecule is Cc1onc(-c2ccccc2)c1C(=O)N1CCc2c(c(C(=O)O)nn2C)C1. The van der Waals surface area contributed by atoms with Gasteiger partial charge in [-0.15, -0.1) is 0 Å². The molecule has 0 saturated carbocycles. The molecule has 1 aliphatic heterocycles. The van der Waals surface area contributed by atoms with E-state index in [9.17, 15) is 14.7 Å². The number of carbonyl (C=O) groups excluding carboxylic acids is 1. The molecule has 138 valence electrons. The Kier molecular flexibility index (Phi) is 4.02. The van der Waals surface area contributed by atoms with Crippen LogP contribution in [0.1, 0.15) is 37.9 Å². The number of carbonyl (C=O) groups is 2. The molecule has 3 heterocycles. The highest BCUT2D eigenvalue weighted by molar-refractivity contribution is 6.01. The number of aromatic nitrogens is 3. The van der Waals surface area contributed by atoms with E-state index in [4.69, 9.17) is 4.52 Å². The Morgan fingerprint density at radius 2 is 1.96 bits per heavy atom. The van der Waals surface area contributed by atoms with Gasteiger partial charge in [0.2, 0.25) is 0 Å². The lowest BCUT2D eigenvalue weighted by Gasteiger charge is -2.27. The number of carboxylic acid groups (broad SMARTS) is 1. The minimum atomic E-state index is -1.09. The summed E-state index contributed by atoms with van der Waals surface area (Å²) in [6, 6.07) is 9.36. The number of hydrogen-bond donors (Lipinski definition) is 1. The Morgan fingerprint density at radius 3 is 2.67 bits per heavy atom. The molecule has 0 spiro atoms. The van der Waals surface area contributed by atoms with Crippen molar-refractivity contribution in [2.24, 2.45) is 7.05 Å². The molecule has 0 atom stereocenters. The zero-order valence-corrected chi connectivity index (χ0v) is 15.0. The number of nitrogens with zero attached hydrogens (tertiary/aromatic N) is 4. The Bertz CT molecular complexity index is 1040. The van der Waals surface area contributed by atoms with Crippen molar-refractivity contribution in [2.75, 3.05) is 6.54 Å². The van der Waals surface area contributed by atoms with E-state index in [1.165, 1.54) is 0 Å². The predicted molar refractivity (Wildman–Crippen MR) is 95.3 cm³/mol. The Morgan fingerprint density at radius 1 is 1.22 bits per heavy atom. The predicted octanol–water partition coefficient (Wildman–Crippen LogP) is 2.28. The minimum absolute atomic E-state index is 0.00433. The summed E-state index contributed by atoms with van der Waals surface area (Å²) in [5.41, 5.74) is 3.12. The van der Waals surface area contributed by atoms with Crippen LogP contribution in [0.25, 0.3) is 11.3 Å². The second-order valence-electron chi connectivity index (χ2n) is 6.51. The van der Waals surface area contributed by atoms with E-state index in [1.54, 1.807) is 23.6 Å². The van der Waals surface area contributed by atoms with E-state index < -0.39 is 5.97 Å². The van der Waals surface area contributed by atoms with Gasteiger partial charge in [0, 0.05) is 36.8 Å². The van der Waals surface area contributed by atoms with Gasteiger partial charge in [-0.25, -0.2) is 4.79 Å². The highest BCUT2D eigenvalue weighted by Crippen LogP contribution is 2.29. The molecule has 1 N–H and O–H groups in total. The fourth-order valence-electron chi connectivity index (χ4n) is 3.51. The van der Waals surface area contributed by atoms with Crippen LogP contribution in [0, 0.1) is 6.92 Å². The summed E-state index contributed by atoms with van der Waals surface area (Å²) < 4.78 is 6.87. The molecule has 8 heteroatoms. The molecule has 1 aliphatic rings. The van der Waals surface area contributed by atoms with Crippen LogP contribution in [-0.4, -0.2) is 43.4 Å². The first-order chi connectivity index (χ1) is 13.0. The van der Waals surface area contributed by atoms with Crippen LogP contribution in [-0.2, 0) is 20.0 Å². The maximum absolute atomic E-state index is 13.2. The van der Waals surface area contributed by atoms with Crippen LogP contribution in [0.4, 0.5) is 0 Å². The second kappa shape index (κ2) is 6.39. The molecule has 0 saturated heterocycles. The number of amides is 1. The number of carboxylic acids is 1. The normalized spacial score (nSPS) is 13.5. The summed E-state index contributed by atoms with van der Waals surface area (Å²) in [7, 11) is 1.72. The van der Waals surface area contributed by atoms with E-state index in [0.717, 1.165) is 11.3 Å². The molecule has 3 aromatic rings. The molecular formula is C19H18N4O4. The smallest absolute Gasteiger partial charge is 0.356 e. The zero-order valence-electron chi connectivity index (χ0n) is 15.0. The zero-order chi connectivity index (χ0) is 19.1. The van der Waals surface area contributed by atoms with Gasteiger partial charge < -0.3 is 14.5 Å². The van der Waals surface area contributed by atoms with Crippen molar-refractivity contribution >= 4 is 11.9 Å². The summed E-state index contributed by atoms with van der Waals surface area (Å²) in [6.45, 7) is 2.38. The van der Waals surface area contributed by atoms with Gasteiger partial charge in [0.1, 0.15) is 17.0 Å². The fourth-order valence-corrected chi connectivity index (χ4v) is 3.51. The highest BCUT2D eigenvalue weighted by Gasteiger charge is 2.32. The van der Waals surface area contributed by atoms with E-state index in [2.05, 4.69) is 10.3 Å². The monoisotopic (exact) mass is 366 g/mol. The lowest BCUT2D eigenvalue weighted by Crippen LogP contribution is -2.37. The van der Waals surface area contributed by atoms with E-state index in [1.807, 2.05) is 30.3 Å². The van der Waals surface area contributed by atoms with Gasteiger partial charge in [-0.05, 0) is 6.92 Å². The summed E-state index contributed by atoms with van der Waals surface area (Å²) in [4.78, 5) is 26.3. The maximum atomic E-state index is 13.2. The van der Waals surface area contributed by atoms with Crippen LogP contribution in [0.3, 0.4) is 0 Å². The largest absolute Gasteiger partial charge is 0.476 e. The molecule has 0 aliphatic carbocycles. The molecule has 0 radical (unpaired) electrons. The van der Waals surface area contributed by atoms with Crippen molar-refractivity contribution in [1.29, 1.82) is 0 Å². The molecular weight excluding hydrogens is 348 g/mol. The van der Waals surface area contributed by atoms with Crippen LogP contribution in [0.5, 0.6) is 0 Å². The molecule has 2 aromatic heterocycles. The molecule has 1 aromatic carbocycles. The second-order valence-corrected chi connectivity index (χ2v) is 6.51. The van der Waals surface area contributed by atoms with Crippen LogP contribution in [0.2, 0.25) is 0 Å². The van der Waals surface area contributed by atoms with Crippen molar-refractivity contribution < 1.29 is 19.2 Å². The van der Waals surface area contributed by atoms with Gasteiger partial charge in [-0.3, -0.25) is 9.48 Å². The quantitative estimate of drug-likeness (QED) is 0.763. The average molecular weight is 366 g/mol. The third kappa shape index (κ3) is 2.79. The number of benzene rings is 1. The van der Waals surface area contributed by atoms with Crippen molar-refractivity contribution in [3.05, 3.63) is 58.6 Å². The van der Waals surface area contributed by atoms with E-state index in [-0.39, 0.29) is 18.1 Å². The summed E-state index contributed by atoms with van der Waals surface area (Å²) >= 11 is 0. The Balaban J connectivity index is 1.70. The van der Waals surface area contributed by atoms with Crippen molar-refractivity contribution in [1.82, 2.24) is 19.8 Å². The minimum Gasteiger partial charge on any atom is -0.476 e. The van der Waals surface area contributed by atoms with Gasteiger partial charge in [0.15, 0.2) is 5.69 Å². The van der Waals surface area contributed by atoms with Gasteiger partial charge >= 0.3 is 5.97 Å². The van der Waals surface area contributed by atoms with E-state index in [0.29, 0.717) is 35.5 Å². The van der Waals surface area contributed by atoms with E-state index >= 15 is 0 Å². The summed E-state index contributed by atoms with van der Waals surface area (Å²) in [5, 5.41) is 17.5. The molecule has 0 bridgehead atoms. The number of rotatable bonds is 3. The lowest BCUT2D eigenvalue weighted by molar-refractivity contribution is 0.0673. The number of aryl methyl sites for hydroxylation is 2. The van der Waals surface area contributed by atoms with Crippen molar-refractivity contribution in [2.45, 2.75) is 19.9 Å². The van der Waals surface area contributed by atoms with Crippen molar-refractivity contribution in [3.63, 3.8) is 0 Å². The van der Waals surface area contributed by atoms with Gasteiger partial charge in [-0.1, -0.05) is 35.5 Å². The topological polar surface area (TPSA) is 101 Å². The lowest BCUT2D eigenvalue weighted by atomic mass is 10.0. The Hall–Kier alpha value is -3.42. The van der Waals surface area contributed by atoms with Gasteiger partial charge in [0.25, 0.3) is 5.91 Å². The summed E-state index contributed by atoms with van der Waals surface area (Å²) in [6.07, 6.45) is 0.544. The molecule has 0 unspecified atom stereocenters. The molecule has 8 nitrogen and oxygen atoms in total. The van der Waals surface area contributed by atoms with Crippen molar-refractivity contribution in [3.8, 4) is 11.3 Å². The number of fused-ring (bicyclic) bond motifs is 1. The average Bonchev–Trinajstić information content (AvgIpc) is 3.22. The number of hydrogen-bond acceptors (Lipinski definition) is 5. The number of aromatic carboxylic acids is 1. The molecule has 4 rings (SSSR count). The Labute approximate surface area is 155 Å². The standard InChI is InChI=1S/C19H18N4O4/c1-11-15(16(21-27-11)12-6-4-3-5-7-12)18(24)23-9-8-14-13(10-23)17(19(25)26)20-22(14)2/h3-7H,8-10H2,1-2H3,(H,25,26). The van der Waals surface area contributed by atoms with Crippen LogP contribution >= 0.6 is 0 Å². The molecule has 27 heavy (non-hydrogen) atoms. The first-order valence-corrected chi connectivity index (χ1v) is 8.56. The highest BCUT2D eigenvalue weighted by atomic mass is 16.5. The maximum Gasteiger partial charge on any atom is 0.356 e. The molecule has 0 fully saturated rings. The van der Waals surface area contributed by atoms with Gasteiger partial charge in [0.05, 0.1) is 6.54 Å². The molecule has 1 amide bonds.